The molecule has 1 aromatic carbocycles. The zero-order valence-corrected chi connectivity index (χ0v) is 17.8. The van der Waals surface area contributed by atoms with E-state index in [0.29, 0.717) is 24.3 Å². The number of allylic oxidation sites excluding steroid dienone is 4. The van der Waals surface area contributed by atoms with Gasteiger partial charge in [0, 0.05) is 26.1 Å². The van der Waals surface area contributed by atoms with Crippen LogP contribution in [0.1, 0.15) is 30.1 Å². The molecule has 1 aliphatic rings. The summed E-state index contributed by atoms with van der Waals surface area (Å²) in [7, 11) is 3.15. The van der Waals surface area contributed by atoms with Crippen molar-refractivity contribution in [2.45, 2.75) is 25.8 Å². The minimum Gasteiger partial charge on any atom is -0.489 e. The molecular weight excluding hydrogens is 400 g/mol. The number of ether oxygens (including phenoxy) is 1. The van der Waals surface area contributed by atoms with Gasteiger partial charge < -0.3 is 20.4 Å². The van der Waals surface area contributed by atoms with Crippen molar-refractivity contribution in [2.24, 2.45) is 10.9 Å². The van der Waals surface area contributed by atoms with Crippen LogP contribution in [0.2, 0.25) is 0 Å². The fraction of sp³-hybridized carbons (Fsp3) is 0.333. The van der Waals surface area contributed by atoms with Crippen molar-refractivity contribution in [1.29, 1.82) is 0 Å². The summed E-state index contributed by atoms with van der Waals surface area (Å²) in [6.07, 6.45) is 8.64. The van der Waals surface area contributed by atoms with Gasteiger partial charge in [0.2, 0.25) is 0 Å². The third kappa shape index (κ3) is 6.16. The molecule has 0 saturated heterocycles. The first kappa shape index (κ1) is 23.6. The van der Waals surface area contributed by atoms with Gasteiger partial charge >= 0.3 is 0 Å². The van der Waals surface area contributed by atoms with Gasteiger partial charge in [-0.25, -0.2) is 5.84 Å². The number of hydrogen-bond acceptors (Lipinski definition) is 7. The Bertz CT molecular complexity index is 909. The van der Waals surface area contributed by atoms with Crippen LogP contribution in [0.5, 0.6) is 5.75 Å². The highest BCUT2D eigenvalue weighted by Crippen LogP contribution is 2.31. The van der Waals surface area contributed by atoms with Crippen LogP contribution in [0.15, 0.2) is 47.6 Å². The lowest BCUT2D eigenvalue weighted by Gasteiger charge is -2.21. The summed E-state index contributed by atoms with van der Waals surface area (Å²) >= 11 is 0. The van der Waals surface area contributed by atoms with E-state index in [2.05, 4.69) is 15.8 Å². The summed E-state index contributed by atoms with van der Waals surface area (Å²) < 4.78 is 5.72. The highest BCUT2D eigenvalue weighted by molar-refractivity contribution is 6.39. The maximum atomic E-state index is 12.9. The van der Waals surface area contributed by atoms with Crippen molar-refractivity contribution in [3.05, 3.63) is 48.1 Å². The summed E-state index contributed by atoms with van der Waals surface area (Å²) in [6.45, 7) is 1.86. The minimum atomic E-state index is -0.919. The van der Waals surface area contributed by atoms with Gasteiger partial charge in [0.15, 0.2) is 0 Å². The van der Waals surface area contributed by atoms with Gasteiger partial charge in [-0.15, -0.1) is 0 Å². The molecule has 1 aromatic rings. The van der Waals surface area contributed by atoms with Gasteiger partial charge in [-0.05, 0) is 31.5 Å². The Morgan fingerprint density at radius 1 is 1.35 bits per heavy atom. The van der Waals surface area contributed by atoms with Crippen LogP contribution in [-0.2, 0) is 9.59 Å². The lowest BCUT2D eigenvalue weighted by molar-refractivity contribution is -0.124. The molecule has 5 N–H and O–H groups in total. The second-order valence-corrected chi connectivity index (χ2v) is 6.66. The second kappa shape index (κ2) is 11.5. The third-order valence-corrected chi connectivity index (χ3v) is 4.55. The number of carbonyl (C=O) groups excluding carboxylic acids is 3. The number of rotatable bonds is 8. The fourth-order valence-corrected chi connectivity index (χ4v) is 2.93. The average molecular weight is 428 g/mol. The molecule has 0 aliphatic carbocycles. The maximum Gasteiger partial charge on any atom is 0.268 e. The molecule has 1 heterocycles. The number of fused-ring (bicyclic) bond motifs is 1. The monoisotopic (exact) mass is 428 g/mol. The van der Waals surface area contributed by atoms with E-state index < -0.39 is 17.9 Å². The molecular formula is C21H28N6O4. The maximum absolute atomic E-state index is 12.9. The van der Waals surface area contributed by atoms with E-state index in [1.165, 1.54) is 17.0 Å². The summed E-state index contributed by atoms with van der Waals surface area (Å²) in [4.78, 5) is 38.8. The van der Waals surface area contributed by atoms with Gasteiger partial charge in [0.1, 0.15) is 24.1 Å². The van der Waals surface area contributed by atoms with Crippen LogP contribution in [0.3, 0.4) is 0 Å². The first-order valence-electron chi connectivity index (χ1n) is 9.80. The second-order valence-electron chi connectivity index (χ2n) is 6.66. The first-order valence-corrected chi connectivity index (χ1v) is 9.80. The number of nitrogens with two attached hydrogens (primary N) is 1. The Hall–Kier alpha value is -3.66. The van der Waals surface area contributed by atoms with E-state index >= 15 is 0 Å². The first-order chi connectivity index (χ1) is 14.9. The van der Waals surface area contributed by atoms with Gasteiger partial charge in [0.25, 0.3) is 17.7 Å². The van der Waals surface area contributed by atoms with E-state index in [4.69, 9.17) is 10.6 Å². The van der Waals surface area contributed by atoms with E-state index in [9.17, 15) is 14.4 Å². The number of carbonyl (C=O) groups is 3. The number of likely N-dealkylation sites (N-methyl/N-ethyl adjacent to an activating group) is 1. The third-order valence-electron chi connectivity index (χ3n) is 4.55. The van der Waals surface area contributed by atoms with Crippen LogP contribution in [-0.4, -0.2) is 50.2 Å². The Morgan fingerprint density at radius 3 is 2.81 bits per heavy atom. The topological polar surface area (TPSA) is 138 Å². The number of nitrogen functional groups attached to an aromatic ring is 1. The number of nitrogens with zero attached hydrogens (tertiary/aromatic N) is 2. The number of hydrogen-bond donors (Lipinski definition) is 4. The minimum absolute atomic E-state index is 0.0572. The van der Waals surface area contributed by atoms with E-state index in [1.807, 2.05) is 36.7 Å². The summed E-state index contributed by atoms with van der Waals surface area (Å²) in [5.41, 5.74) is 5.62. The van der Waals surface area contributed by atoms with Crippen molar-refractivity contribution in [1.82, 2.24) is 16.2 Å². The number of hydrazine groups is 1. The summed E-state index contributed by atoms with van der Waals surface area (Å²) in [5.74, 6) is 4.26. The molecule has 31 heavy (non-hydrogen) atoms. The average Bonchev–Trinajstić information content (AvgIpc) is 2.89. The number of anilines is 1. The quantitative estimate of drug-likeness (QED) is 0.157. The molecule has 10 nitrogen and oxygen atoms in total. The number of nitrogens with one attached hydrogen (secondary N) is 3. The molecule has 1 aliphatic heterocycles. The van der Waals surface area contributed by atoms with E-state index in [1.54, 1.807) is 20.2 Å². The molecule has 0 spiro atoms. The molecule has 0 aromatic heterocycles. The lowest BCUT2D eigenvalue weighted by Crippen LogP contribution is -2.51. The van der Waals surface area contributed by atoms with E-state index in [0.717, 1.165) is 0 Å². The van der Waals surface area contributed by atoms with Crippen LogP contribution in [0.25, 0.3) is 0 Å². The number of amides is 3. The standard InChI is InChI=1S/C21H28N6O4/c1-4-5-6-7-8-9-15(26-23-2)20(29)24-16-13-31-18-11-10-14(19(28)25-22)12-17(18)27(3)21(16)30/h4-7,10-12,16,23H,8-9,13,22H2,1-3H3,(H,24,29)(H,25,28)/b5-4-,7-6-,26-15+/t16-/m0/s1. The molecule has 0 bridgehead atoms. The molecule has 10 heteroatoms. The normalized spacial score (nSPS) is 16.6. The van der Waals surface area contributed by atoms with Crippen molar-refractivity contribution in [3.8, 4) is 5.75 Å². The van der Waals surface area contributed by atoms with Crippen LogP contribution in [0.4, 0.5) is 5.69 Å². The SMILES string of the molecule is C/C=C\C=C/CC/C(=N\NC)C(=O)N[C@H]1COc2ccc(C(=O)NN)cc2N(C)C1=O. The van der Waals surface area contributed by atoms with Crippen molar-refractivity contribution in [2.75, 3.05) is 25.6 Å². The van der Waals surface area contributed by atoms with Gasteiger partial charge in [0.05, 0.1) is 5.69 Å². The molecule has 0 unspecified atom stereocenters. The largest absolute Gasteiger partial charge is 0.489 e. The zero-order valence-electron chi connectivity index (χ0n) is 17.8. The highest BCUT2D eigenvalue weighted by Gasteiger charge is 2.31. The van der Waals surface area contributed by atoms with Crippen LogP contribution < -0.4 is 31.6 Å². The van der Waals surface area contributed by atoms with E-state index in [-0.39, 0.29) is 23.8 Å². The Kier molecular flexibility index (Phi) is 8.77. The van der Waals surface area contributed by atoms with Crippen molar-refractivity contribution < 1.29 is 19.1 Å². The van der Waals surface area contributed by atoms with Gasteiger partial charge in [-0.2, -0.15) is 5.10 Å². The number of benzene rings is 1. The molecule has 0 fully saturated rings. The van der Waals surface area contributed by atoms with Crippen molar-refractivity contribution >= 4 is 29.1 Å². The van der Waals surface area contributed by atoms with Gasteiger partial charge in [-0.1, -0.05) is 24.3 Å². The Morgan fingerprint density at radius 2 is 2.13 bits per heavy atom. The van der Waals surface area contributed by atoms with Gasteiger partial charge in [-0.3, -0.25) is 19.8 Å². The molecule has 166 valence electrons. The summed E-state index contributed by atoms with van der Waals surface area (Å²) in [5, 5.41) is 6.73. The summed E-state index contributed by atoms with van der Waals surface area (Å²) in [6, 6.07) is 3.71. The predicted octanol–water partition coefficient (Wildman–Crippen LogP) is 0.618. The van der Waals surface area contributed by atoms with Crippen LogP contribution >= 0.6 is 0 Å². The predicted molar refractivity (Wildman–Crippen MR) is 119 cm³/mol. The number of hydrazone groups is 1. The fourth-order valence-electron chi connectivity index (χ4n) is 2.93. The zero-order chi connectivity index (χ0) is 22.8. The molecule has 3 amide bonds. The lowest BCUT2D eigenvalue weighted by atomic mass is 10.1. The highest BCUT2D eigenvalue weighted by atomic mass is 16.5. The molecule has 0 radical (unpaired) electrons. The Labute approximate surface area is 181 Å². The Balaban J connectivity index is 2.13. The van der Waals surface area contributed by atoms with Crippen LogP contribution in [0, 0.1) is 0 Å². The molecule has 2 rings (SSSR count). The molecule has 1 atom stereocenters. The smallest absolute Gasteiger partial charge is 0.268 e. The van der Waals surface area contributed by atoms with Crippen molar-refractivity contribution in [3.63, 3.8) is 0 Å². The molecule has 0 saturated carbocycles.